The van der Waals surface area contributed by atoms with Gasteiger partial charge >= 0.3 is 0 Å². The highest BCUT2D eigenvalue weighted by atomic mass is 16.6. The van der Waals surface area contributed by atoms with Gasteiger partial charge in [-0.1, -0.05) is 0 Å². The van der Waals surface area contributed by atoms with Crippen LogP contribution in [0.4, 0.5) is 11.4 Å². The first-order valence-electron chi connectivity index (χ1n) is 8.66. The van der Waals surface area contributed by atoms with Gasteiger partial charge in [0.05, 0.1) is 24.2 Å². The van der Waals surface area contributed by atoms with Crippen LogP contribution in [-0.2, 0) is 9.53 Å². The summed E-state index contributed by atoms with van der Waals surface area (Å²) in [7, 11) is 0. The maximum atomic E-state index is 12.6. The smallest absolute Gasteiger partial charge is 0.269 e. The van der Waals surface area contributed by atoms with Crippen LogP contribution >= 0.6 is 0 Å². The molecule has 2 aliphatic heterocycles. The molecule has 2 saturated heterocycles. The predicted octanol–water partition coefficient (Wildman–Crippen LogP) is 0.964. The number of nitro benzene ring substituents is 1. The third kappa shape index (κ3) is 4.08. The van der Waals surface area contributed by atoms with Crippen molar-refractivity contribution in [3.05, 3.63) is 34.4 Å². The van der Waals surface area contributed by atoms with Crippen molar-refractivity contribution in [3.63, 3.8) is 0 Å². The van der Waals surface area contributed by atoms with E-state index >= 15 is 0 Å². The number of hydrogen-bond donors (Lipinski definition) is 0. The van der Waals surface area contributed by atoms with Gasteiger partial charge in [-0.25, -0.2) is 0 Å². The molecule has 25 heavy (non-hydrogen) atoms. The Morgan fingerprint density at radius 1 is 1.08 bits per heavy atom. The first-order chi connectivity index (χ1) is 12.1. The van der Waals surface area contributed by atoms with E-state index in [1.54, 1.807) is 12.1 Å². The molecule has 2 aliphatic rings. The summed E-state index contributed by atoms with van der Waals surface area (Å²) >= 11 is 0. The molecule has 0 N–H and O–H groups in total. The van der Waals surface area contributed by atoms with E-state index in [1.807, 2.05) is 11.8 Å². The van der Waals surface area contributed by atoms with E-state index in [0.29, 0.717) is 26.3 Å². The van der Waals surface area contributed by atoms with E-state index in [4.69, 9.17) is 4.74 Å². The third-order valence-electron chi connectivity index (χ3n) is 4.97. The number of ether oxygens (including phenoxy) is 1. The van der Waals surface area contributed by atoms with Crippen molar-refractivity contribution in [2.24, 2.45) is 0 Å². The highest BCUT2D eigenvalue weighted by Crippen LogP contribution is 2.21. The van der Waals surface area contributed by atoms with Crippen LogP contribution in [-0.4, -0.2) is 79.2 Å². The van der Waals surface area contributed by atoms with Crippen LogP contribution in [0.5, 0.6) is 0 Å². The summed E-state index contributed by atoms with van der Waals surface area (Å²) in [4.78, 5) is 29.2. The Hall–Kier alpha value is -2.19. The fourth-order valence-electron chi connectivity index (χ4n) is 3.36. The number of piperazine rings is 1. The lowest BCUT2D eigenvalue weighted by Crippen LogP contribution is -2.56. The quantitative estimate of drug-likeness (QED) is 0.596. The van der Waals surface area contributed by atoms with Gasteiger partial charge in [0.2, 0.25) is 5.91 Å². The Labute approximate surface area is 147 Å². The average molecular weight is 348 g/mol. The fourth-order valence-corrected chi connectivity index (χ4v) is 3.36. The first-order valence-corrected chi connectivity index (χ1v) is 8.66. The Morgan fingerprint density at radius 2 is 1.68 bits per heavy atom. The molecule has 8 heteroatoms. The monoisotopic (exact) mass is 348 g/mol. The molecule has 1 amide bonds. The fraction of sp³-hybridized carbons (Fsp3) is 0.588. The average Bonchev–Trinajstić information content (AvgIpc) is 2.67. The minimum absolute atomic E-state index is 0.104. The summed E-state index contributed by atoms with van der Waals surface area (Å²) in [6, 6.07) is 6.52. The van der Waals surface area contributed by atoms with Gasteiger partial charge in [-0.15, -0.1) is 0 Å². The minimum atomic E-state index is -0.388. The molecule has 0 aromatic heterocycles. The maximum Gasteiger partial charge on any atom is 0.269 e. The van der Waals surface area contributed by atoms with Crippen molar-refractivity contribution in [2.75, 3.05) is 57.4 Å². The summed E-state index contributed by atoms with van der Waals surface area (Å²) in [5, 5.41) is 10.7. The van der Waals surface area contributed by atoms with Crippen LogP contribution in [0, 0.1) is 10.1 Å². The zero-order chi connectivity index (χ0) is 17.8. The maximum absolute atomic E-state index is 12.6. The number of carbonyl (C=O) groups is 1. The number of amides is 1. The van der Waals surface area contributed by atoms with Gasteiger partial charge in [-0.05, 0) is 19.1 Å². The number of morpholine rings is 1. The SMILES string of the molecule is CC(C(=O)N1CCOCC1)N1CCN(c2ccc([N+](=O)[O-])cc2)CC1. The predicted molar refractivity (Wildman–Crippen MR) is 93.7 cm³/mol. The van der Waals surface area contributed by atoms with E-state index < -0.39 is 0 Å². The molecule has 3 rings (SSSR count). The van der Waals surface area contributed by atoms with Crippen molar-refractivity contribution >= 4 is 17.3 Å². The summed E-state index contributed by atoms with van der Waals surface area (Å²) in [6.07, 6.45) is 0. The van der Waals surface area contributed by atoms with E-state index in [2.05, 4.69) is 9.80 Å². The number of hydrogen-bond acceptors (Lipinski definition) is 6. The Balaban J connectivity index is 1.54. The van der Waals surface area contributed by atoms with Gasteiger partial charge in [-0.2, -0.15) is 0 Å². The van der Waals surface area contributed by atoms with Crippen molar-refractivity contribution in [2.45, 2.75) is 13.0 Å². The lowest BCUT2D eigenvalue weighted by Gasteiger charge is -2.40. The molecule has 136 valence electrons. The van der Waals surface area contributed by atoms with Crippen LogP contribution in [0.2, 0.25) is 0 Å². The van der Waals surface area contributed by atoms with Gasteiger partial charge in [0.15, 0.2) is 0 Å². The number of rotatable bonds is 4. The van der Waals surface area contributed by atoms with Gasteiger partial charge in [0, 0.05) is 57.1 Å². The molecule has 0 spiro atoms. The van der Waals surface area contributed by atoms with E-state index in [-0.39, 0.29) is 22.6 Å². The summed E-state index contributed by atoms with van der Waals surface area (Å²) in [5.41, 5.74) is 1.09. The van der Waals surface area contributed by atoms with Crippen molar-refractivity contribution in [1.82, 2.24) is 9.80 Å². The topological polar surface area (TPSA) is 79.2 Å². The zero-order valence-electron chi connectivity index (χ0n) is 14.5. The Kier molecular flexibility index (Phi) is 5.50. The minimum Gasteiger partial charge on any atom is -0.378 e. The molecule has 2 heterocycles. The highest BCUT2D eigenvalue weighted by Gasteiger charge is 2.29. The number of carbonyl (C=O) groups excluding carboxylic acids is 1. The van der Waals surface area contributed by atoms with Gasteiger partial charge in [0.1, 0.15) is 0 Å². The molecule has 0 radical (unpaired) electrons. The van der Waals surface area contributed by atoms with E-state index in [1.165, 1.54) is 12.1 Å². The van der Waals surface area contributed by atoms with Gasteiger partial charge < -0.3 is 14.5 Å². The Bertz CT molecular complexity index is 608. The second kappa shape index (κ2) is 7.79. The normalized spacial score (nSPS) is 20.4. The molecular formula is C17H24N4O4. The molecule has 1 atom stereocenters. The van der Waals surface area contributed by atoms with Crippen LogP contribution in [0.15, 0.2) is 24.3 Å². The molecule has 0 saturated carbocycles. The van der Waals surface area contributed by atoms with Crippen molar-refractivity contribution < 1.29 is 14.5 Å². The largest absolute Gasteiger partial charge is 0.378 e. The molecular weight excluding hydrogens is 324 g/mol. The van der Waals surface area contributed by atoms with Gasteiger partial charge in [-0.3, -0.25) is 19.8 Å². The lowest BCUT2D eigenvalue weighted by atomic mass is 10.1. The summed E-state index contributed by atoms with van der Waals surface area (Å²) in [6.45, 7) is 7.76. The van der Waals surface area contributed by atoms with E-state index in [9.17, 15) is 14.9 Å². The molecule has 8 nitrogen and oxygen atoms in total. The van der Waals surface area contributed by atoms with Crippen molar-refractivity contribution in [3.8, 4) is 0 Å². The number of nitro groups is 1. The third-order valence-corrected chi connectivity index (χ3v) is 4.97. The van der Waals surface area contributed by atoms with Gasteiger partial charge in [0.25, 0.3) is 5.69 Å². The zero-order valence-corrected chi connectivity index (χ0v) is 14.5. The first kappa shape index (κ1) is 17.6. The lowest BCUT2D eigenvalue weighted by molar-refractivity contribution is -0.384. The van der Waals surface area contributed by atoms with Crippen LogP contribution < -0.4 is 4.90 Å². The van der Waals surface area contributed by atoms with Crippen molar-refractivity contribution in [1.29, 1.82) is 0 Å². The number of non-ortho nitro benzene ring substituents is 1. The van der Waals surface area contributed by atoms with Crippen LogP contribution in [0.1, 0.15) is 6.92 Å². The molecule has 0 aliphatic carbocycles. The number of benzene rings is 1. The van der Waals surface area contributed by atoms with Crippen LogP contribution in [0.25, 0.3) is 0 Å². The Morgan fingerprint density at radius 3 is 2.24 bits per heavy atom. The van der Waals surface area contributed by atoms with Crippen LogP contribution in [0.3, 0.4) is 0 Å². The van der Waals surface area contributed by atoms with E-state index in [0.717, 1.165) is 31.9 Å². The molecule has 1 aromatic carbocycles. The summed E-state index contributed by atoms with van der Waals surface area (Å²) in [5.74, 6) is 0.173. The highest BCUT2D eigenvalue weighted by molar-refractivity contribution is 5.81. The second-order valence-electron chi connectivity index (χ2n) is 6.41. The molecule has 0 bridgehead atoms. The molecule has 1 unspecified atom stereocenters. The number of anilines is 1. The standard InChI is InChI=1S/C17H24N4O4/c1-14(17(22)20-10-12-25-13-11-20)18-6-8-19(9-7-18)15-2-4-16(5-3-15)21(23)24/h2-5,14H,6-13H2,1H3. The second-order valence-corrected chi connectivity index (χ2v) is 6.41. The molecule has 2 fully saturated rings. The molecule has 1 aromatic rings. The number of nitrogens with zero attached hydrogens (tertiary/aromatic N) is 4. The summed E-state index contributed by atoms with van der Waals surface area (Å²) < 4.78 is 5.31.